The number of carbonyl (C=O) groups is 2. The van der Waals surface area contributed by atoms with Crippen molar-refractivity contribution in [2.75, 3.05) is 6.54 Å². The summed E-state index contributed by atoms with van der Waals surface area (Å²) in [6.07, 6.45) is 1.60. The van der Waals surface area contributed by atoms with Gasteiger partial charge in [0.2, 0.25) is 5.91 Å². The van der Waals surface area contributed by atoms with Gasteiger partial charge in [0.1, 0.15) is 5.58 Å². The zero-order valence-corrected chi connectivity index (χ0v) is 14.3. The smallest absolute Gasteiger partial charge is 0.337 e. The third-order valence-corrected chi connectivity index (χ3v) is 4.11. The third kappa shape index (κ3) is 3.76. The van der Waals surface area contributed by atoms with Crippen molar-refractivity contribution in [3.05, 3.63) is 35.1 Å². The summed E-state index contributed by atoms with van der Waals surface area (Å²) in [6.45, 7) is 7.02. The fourth-order valence-corrected chi connectivity index (χ4v) is 2.59. The van der Waals surface area contributed by atoms with E-state index in [4.69, 9.17) is 9.52 Å². The molecular formula is C18H23NO5. The normalized spacial score (nSPS) is 13.9. The average molecular weight is 333 g/mol. The van der Waals surface area contributed by atoms with Crippen LogP contribution in [0.5, 0.6) is 0 Å². The number of carboxylic acid groups (broad SMARTS) is 1. The van der Waals surface area contributed by atoms with Crippen molar-refractivity contribution in [1.29, 1.82) is 0 Å². The van der Waals surface area contributed by atoms with Gasteiger partial charge in [-0.2, -0.15) is 0 Å². The van der Waals surface area contributed by atoms with Crippen molar-refractivity contribution in [2.24, 2.45) is 0 Å². The summed E-state index contributed by atoms with van der Waals surface area (Å²) in [4.78, 5) is 22.9. The molecule has 0 saturated heterocycles. The Bertz CT molecular complexity index is 773. The lowest BCUT2D eigenvalue weighted by atomic mass is 9.95. The molecule has 1 amide bonds. The average Bonchev–Trinajstić information content (AvgIpc) is 2.86. The van der Waals surface area contributed by atoms with Gasteiger partial charge >= 0.3 is 5.97 Å². The van der Waals surface area contributed by atoms with Crippen molar-refractivity contribution in [1.82, 2.24) is 5.32 Å². The number of fused-ring (bicyclic) bond motifs is 1. The van der Waals surface area contributed by atoms with E-state index in [1.165, 1.54) is 5.56 Å². The summed E-state index contributed by atoms with van der Waals surface area (Å²) in [5.74, 6) is -1.39. The fraction of sp³-hybridized carbons (Fsp3) is 0.444. The standard InChI is InChI=1S/C18H23NO5/c1-10(2)13-7-14-12(8-24-15(14)5-11(13)3)6-16(20)19-9-18(4,23)17(21)22/h5,7-8,10,23H,6,9H2,1-4H3,(H,19,20)(H,21,22). The third-order valence-electron chi connectivity index (χ3n) is 4.11. The Labute approximate surface area is 140 Å². The molecule has 0 fully saturated rings. The van der Waals surface area contributed by atoms with E-state index in [2.05, 4.69) is 19.2 Å². The molecule has 0 aliphatic carbocycles. The van der Waals surface area contributed by atoms with Crippen molar-refractivity contribution in [3.8, 4) is 0 Å². The van der Waals surface area contributed by atoms with E-state index in [-0.39, 0.29) is 18.9 Å². The number of benzene rings is 1. The highest BCUT2D eigenvalue weighted by Gasteiger charge is 2.30. The van der Waals surface area contributed by atoms with Gasteiger partial charge in [0, 0.05) is 10.9 Å². The Morgan fingerprint density at radius 2 is 2.00 bits per heavy atom. The number of aryl methyl sites for hydroxylation is 1. The first-order valence-corrected chi connectivity index (χ1v) is 7.85. The molecule has 0 bridgehead atoms. The lowest BCUT2D eigenvalue weighted by Gasteiger charge is -2.18. The van der Waals surface area contributed by atoms with E-state index in [1.54, 1.807) is 6.26 Å². The molecule has 0 radical (unpaired) electrons. The van der Waals surface area contributed by atoms with Crippen LogP contribution in [0.15, 0.2) is 22.8 Å². The Hall–Kier alpha value is -2.34. The predicted molar refractivity (Wildman–Crippen MR) is 90.0 cm³/mol. The largest absolute Gasteiger partial charge is 0.479 e. The number of aliphatic hydroxyl groups is 1. The number of carbonyl (C=O) groups excluding carboxylic acids is 1. The number of amides is 1. The monoisotopic (exact) mass is 333 g/mol. The van der Waals surface area contributed by atoms with Crippen molar-refractivity contribution in [2.45, 2.75) is 45.6 Å². The molecular weight excluding hydrogens is 310 g/mol. The van der Waals surface area contributed by atoms with Crippen LogP contribution in [0.1, 0.15) is 43.4 Å². The first-order chi connectivity index (χ1) is 11.1. The highest BCUT2D eigenvalue weighted by atomic mass is 16.4. The van der Waals surface area contributed by atoms with Crippen LogP contribution >= 0.6 is 0 Å². The number of hydrogen-bond donors (Lipinski definition) is 3. The van der Waals surface area contributed by atoms with Crippen molar-refractivity contribution < 1.29 is 24.2 Å². The molecule has 3 N–H and O–H groups in total. The van der Waals surface area contributed by atoms with Crippen molar-refractivity contribution in [3.63, 3.8) is 0 Å². The predicted octanol–water partition coefficient (Wildman–Crippen LogP) is 2.36. The van der Waals surface area contributed by atoms with E-state index >= 15 is 0 Å². The number of nitrogens with one attached hydrogen (secondary N) is 1. The highest BCUT2D eigenvalue weighted by Crippen LogP contribution is 2.29. The maximum atomic E-state index is 12.1. The van der Waals surface area contributed by atoms with Crippen LogP contribution in [0.2, 0.25) is 0 Å². The summed E-state index contributed by atoms with van der Waals surface area (Å²) in [5, 5.41) is 21.8. The molecule has 0 spiro atoms. The second kappa shape index (κ2) is 6.65. The molecule has 1 aromatic heterocycles. The SMILES string of the molecule is Cc1cc2occ(CC(=O)NCC(C)(O)C(=O)O)c2cc1C(C)C. The minimum atomic E-state index is -1.99. The van der Waals surface area contributed by atoms with Crippen LogP contribution in [0, 0.1) is 6.92 Å². The molecule has 130 valence electrons. The molecule has 2 rings (SSSR count). The van der Waals surface area contributed by atoms with E-state index in [1.807, 2.05) is 19.1 Å². The number of aliphatic carboxylic acids is 1. The molecule has 6 heteroatoms. The first kappa shape index (κ1) is 18.0. The Morgan fingerprint density at radius 3 is 2.58 bits per heavy atom. The zero-order valence-electron chi connectivity index (χ0n) is 14.3. The van der Waals surface area contributed by atoms with Gasteiger partial charge in [-0.05, 0) is 43.0 Å². The van der Waals surface area contributed by atoms with Crippen LogP contribution in [0.25, 0.3) is 11.0 Å². The minimum absolute atomic E-state index is 0.0588. The van der Waals surface area contributed by atoms with Crippen molar-refractivity contribution >= 4 is 22.8 Å². The van der Waals surface area contributed by atoms with Crippen LogP contribution in [-0.2, 0) is 16.0 Å². The van der Waals surface area contributed by atoms with Gasteiger partial charge in [-0.1, -0.05) is 13.8 Å². The fourth-order valence-electron chi connectivity index (χ4n) is 2.59. The second-order valence-corrected chi connectivity index (χ2v) is 6.65. The topological polar surface area (TPSA) is 99.8 Å². The zero-order chi connectivity index (χ0) is 18.1. The van der Waals surface area contributed by atoms with Crippen LogP contribution in [0.4, 0.5) is 0 Å². The van der Waals surface area contributed by atoms with Gasteiger partial charge in [-0.3, -0.25) is 4.79 Å². The molecule has 0 aliphatic rings. The summed E-state index contributed by atoms with van der Waals surface area (Å²) >= 11 is 0. The minimum Gasteiger partial charge on any atom is -0.479 e. The molecule has 24 heavy (non-hydrogen) atoms. The van der Waals surface area contributed by atoms with Crippen LogP contribution in [-0.4, -0.2) is 34.2 Å². The maximum absolute atomic E-state index is 12.1. The van der Waals surface area contributed by atoms with Gasteiger partial charge < -0.3 is 19.9 Å². The molecule has 0 saturated carbocycles. The van der Waals surface area contributed by atoms with E-state index < -0.39 is 11.6 Å². The summed E-state index contributed by atoms with van der Waals surface area (Å²) in [6, 6.07) is 4.00. The summed E-state index contributed by atoms with van der Waals surface area (Å²) in [7, 11) is 0. The maximum Gasteiger partial charge on any atom is 0.337 e. The van der Waals surface area contributed by atoms with E-state index in [9.17, 15) is 14.7 Å². The molecule has 1 atom stereocenters. The molecule has 1 unspecified atom stereocenters. The van der Waals surface area contributed by atoms with E-state index in [0.29, 0.717) is 5.92 Å². The summed E-state index contributed by atoms with van der Waals surface area (Å²) in [5.41, 5.74) is 1.80. The molecule has 0 aliphatic heterocycles. The lowest BCUT2D eigenvalue weighted by Crippen LogP contribution is -2.46. The molecule has 6 nitrogen and oxygen atoms in total. The van der Waals surface area contributed by atoms with Gasteiger partial charge in [0.15, 0.2) is 5.60 Å². The number of carboxylic acids is 1. The Balaban J connectivity index is 2.17. The van der Waals surface area contributed by atoms with Gasteiger partial charge in [0.25, 0.3) is 0 Å². The lowest BCUT2D eigenvalue weighted by molar-refractivity contribution is -0.156. The highest BCUT2D eigenvalue weighted by molar-refractivity contribution is 5.89. The first-order valence-electron chi connectivity index (χ1n) is 7.85. The Morgan fingerprint density at radius 1 is 1.33 bits per heavy atom. The van der Waals surface area contributed by atoms with Gasteiger partial charge in [-0.25, -0.2) is 4.79 Å². The Kier molecular flexibility index (Phi) is 4.99. The van der Waals surface area contributed by atoms with Crippen LogP contribution in [0.3, 0.4) is 0 Å². The number of furan rings is 1. The molecule has 1 aromatic carbocycles. The summed E-state index contributed by atoms with van der Waals surface area (Å²) < 4.78 is 5.53. The second-order valence-electron chi connectivity index (χ2n) is 6.65. The van der Waals surface area contributed by atoms with Crippen LogP contribution < -0.4 is 5.32 Å². The molecule has 2 aromatic rings. The van der Waals surface area contributed by atoms with E-state index in [0.717, 1.165) is 29.0 Å². The quantitative estimate of drug-likeness (QED) is 0.753. The number of hydrogen-bond acceptors (Lipinski definition) is 4. The van der Waals surface area contributed by atoms with Gasteiger partial charge in [-0.15, -0.1) is 0 Å². The number of rotatable bonds is 6. The molecule has 1 heterocycles. The van der Waals surface area contributed by atoms with Gasteiger partial charge in [0.05, 0.1) is 19.2 Å².